The molecule has 1 aliphatic heterocycles. The maximum Gasteiger partial charge on any atom is 0.252 e. The van der Waals surface area contributed by atoms with E-state index in [9.17, 15) is 4.79 Å². The molecule has 0 saturated carbocycles. The van der Waals surface area contributed by atoms with Crippen molar-refractivity contribution < 1.29 is 4.79 Å². The Kier molecular flexibility index (Phi) is 5.11. The van der Waals surface area contributed by atoms with Gasteiger partial charge in [0.25, 0.3) is 5.91 Å². The van der Waals surface area contributed by atoms with Crippen LogP contribution in [0, 0.1) is 0 Å². The van der Waals surface area contributed by atoms with E-state index in [4.69, 9.17) is 11.6 Å². The van der Waals surface area contributed by atoms with Crippen molar-refractivity contribution in [3.05, 3.63) is 76.8 Å². The minimum atomic E-state index is -0.0370. The molecule has 0 fully saturated rings. The first-order valence-corrected chi connectivity index (χ1v) is 8.11. The zero-order valence-corrected chi connectivity index (χ0v) is 13.6. The molecule has 0 atom stereocenters. The summed E-state index contributed by atoms with van der Waals surface area (Å²) in [5.41, 5.74) is 2.86. The normalized spacial score (nSPS) is 15.1. The third kappa shape index (κ3) is 4.44. The van der Waals surface area contributed by atoms with Crippen LogP contribution in [-0.2, 0) is 11.3 Å². The maximum absolute atomic E-state index is 12.4. The molecule has 1 heterocycles. The predicted molar refractivity (Wildman–Crippen MR) is 94.5 cm³/mol. The van der Waals surface area contributed by atoms with Crippen molar-refractivity contribution in [2.24, 2.45) is 0 Å². The van der Waals surface area contributed by atoms with Crippen LogP contribution in [0.25, 0.3) is 0 Å². The molecule has 0 aliphatic carbocycles. The van der Waals surface area contributed by atoms with Crippen molar-refractivity contribution in [1.29, 1.82) is 0 Å². The van der Waals surface area contributed by atoms with Gasteiger partial charge in [0.15, 0.2) is 0 Å². The van der Waals surface area contributed by atoms with Crippen molar-refractivity contribution in [1.82, 2.24) is 4.90 Å². The topological polar surface area (TPSA) is 32.3 Å². The third-order valence-corrected chi connectivity index (χ3v) is 4.12. The molecule has 3 nitrogen and oxygen atoms in total. The molecule has 0 unspecified atom stereocenters. The molecular formula is C19H19ClN2O. The van der Waals surface area contributed by atoms with Gasteiger partial charge in [-0.1, -0.05) is 48.0 Å². The lowest BCUT2D eigenvalue weighted by Crippen LogP contribution is -2.33. The number of nitrogens with one attached hydrogen (secondary N) is 1. The summed E-state index contributed by atoms with van der Waals surface area (Å²) in [5.74, 6) is -0.0370. The van der Waals surface area contributed by atoms with Crippen molar-refractivity contribution in [3.63, 3.8) is 0 Å². The fourth-order valence-electron chi connectivity index (χ4n) is 2.69. The number of halogens is 1. The zero-order valence-electron chi connectivity index (χ0n) is 12.8. The highest BCUT2D eigenvalue weighted by Gasteiger charge is 2.18. The van der Waals surface area contributed by atoms with E-state index in [2.05, 4.69) is 22.3 Å². The molecule has 0 saturated heterocycles. The van der Waals surface area contributed by atoms with Crippen molar-refractivity contribution in [2.45, 2.75) is 13.0 Å². The van der Waals surface area contributed by atoms with Gasteiger partial charge in [0.2, 0.25) is 0 Å². The Morgan fingerprint density at radius 1 is 1.09 bits per heavy atom. The van der Waals surface area contributed by atoms with Gasteiger partial charge in [0, 0.05) is 35.9 Å². The second-order valence-electron chi connectivity index (χ2n) is 5.68. The Morgan fingerprint density at radius 2 is 1.83 bits per heavy atom. The highest BCUT2D eigenvalue weighted by atomic mass is 35.5. The molecule has 0 radical (unpaired) electrons. The van der Waals surface area contributed by atoms with Gasteiger partial charge in [0.1, 0.15) is 0 Å². The van der Waals surface area contributed by atoms with Gasteiger partial charge >= 0.3 is 0 Å². The maximum atomic E-state index is 12.4. The molecule has 2 aromatic carbocycles. The number of carbonyl (C=O) groups excluding carboxylic acids is 1. The summed E-state index contributed by atoms with van der Waals surface area (Å²) in [6, 6.07) is 17.5. The summed E-state index contributed by atoms with van der Waals surface area (Å²) in [6.45, 7) is 2.52. The highest BCUT2D eigenvalue weighted by molar-refractivity contribution is 6.30. The first-order valence-electron chi connectivity index (χ1n) is 7.73. The van der Waals surface area contributed by atoms with E-state index in [0.29, 0.717) is 11.6 Å². The van der Waals surface area contributed by atoms with Crippen LogP contribution >= 0.6 is 11.6 Å². The summed E-state index contributed by atoms with van der Waals surface area (Å²) in [4.78, 5) is 14.7. The molecule has 0 aromatic heterocycles. The molecular weight excluding hydrogens is 308 g/mol. The minimum absolute atomic E-state index is 0.0370. The van der Waals surface area contributed by atoms with Crippen LogP contribution in [-0.4, -0.2) is 23.9 Å². The summed E-state index contributed by atoms with van der Waals surface area (Å²) >= 11 is 5.86. The first kappa shape index (κ1) is 15.8. The summed E-state index contributed by atoms with van der Waals surface area (Å²) in [6.07, 6.45) is 2.93. The second kappa shape index (κ2) is 7.44. The molecule has 0 spiro atoms. The molecule has 1 N–H and O–H groups in total. The Hall–Kier alpha value is -2.10. The van der Waals surface area contributed by atoms with E-state index in [1.807, 2.05) is 36.4 Å². The quantitative estimate of drug-likeness (QED) is 0.917. The van der Waals surface area contributed by atoms with E-state index >= 15 is 0 Å². The Morgan fingerprint density at radius 3 is 2.57 bits per heavy atom. The van der Waals surface area contributed by atoms with Crippen LogP contribution in [0.3, 0.4) is 0 Å². The van der Waals surface area contributed by atoms with Gasteiger partial charge in [-0.25, -0.2) is 0 Å². The number of rotatable bonds is 4. The first-order chi connectivity index (χ1) is 11.2. The summed E-state index contributed by atoms with van der Waals surface area (Å²) in [5, 5.41) is 3.59. The van der Waals surface area contributed by atoms with Gasteiger partial charge < -0.3 is 5.32 Å². The number of benzene rings is 2. The third-order valence-electron chi connectivity index (χ3n) is 3.87. The second-order valence-corrected chi connectivity index (χ2v) is 6.11. The van der Waals surface area contributed by atoms with Gasteiger partial charge in [-0.05, 0) is 36.2 Å². The van der Waals surface area contributed by atoms with Gasteiger partial charge in [-0.2, -0.15) is 0 Å². The number of hydrogen-bond acceptors (Lipinski definition) is 2. The minimum Gasteiger partial charge on any atom is -0.322 e. The van der Waals surface area contributed by atoms with E-state index < -0.39 is 0 Å². The molecule has 0 bridgehead atoms. The van der Waals surface area contributed by atoms with E-state index in [0.717, 1.165) is 30.8 Å². The predicted octanol–water partition coefficient (Wildman–Crippen LogP) is 4.11. The van der Waals surface area contributed by atoms with E-state index in [1.54, 1.807) is 12.1 Å². The van der Waals surface area contributed by atoms with Crippen LogP contribution in [0.1, 0.15) is 12.0 Å². The largest absolute Gasteiger partial charge is 0.322 e. The lowest BCUT2D eigenvalue weighted by molar-refractivity contribution is -0.113. The average Bonchev–Trinajstić information content (AvgIpc) is 2.58. The Balaban J connectivity index is 1.60. The fraction of sp³-hybridized carbons (Fsp3) is 0.211. The molecule has 23 heavy (non-hydrogen) atoms. The van der Waals surface area contributed by atoms with Crippen LogP contribution in [0.15, 0.2) is 66.2 Å². The lowest BCUT2D eigenvalue weighted by Gasteiger charge is -2.26. The number of amides is 1. The average molecular weight is 327 g/mol. The molecule has 1 amide bonds. The van der Waals surface area contributed by atoms with Gasteiger partial charge in [-0.15, -0.1) is 0 Å². The summed E-state index contributed by atoms with van der Waals surface area (Å²) < 4.78 is 0. The van der Waals surface area contributed by atoms with Crippen molar-refractivity contribution in [3.8, 4) is 0 Å². The van der Waals surface area contributed by atoms with Crippen LogP contribution < -0.4 is 5.32 Å². The molecule has 2 aromatic rings. The molecule has 3 rings (SSSR count). The molecule has 118 valence electrons. The monoisotopic (exact) mass is 326 g/mol. The number of anilines is 1. The van der Waals surface area contributed by atoms with Crippen molar-refractivity contribution in [2.75, 3.05) is 18.4 Å². The lowest BCUT2D eigenvalue weighted by atomic mass is 10.1. The number of nitrogens with zero attached hydrogens (tertiary/aromatic N) is 1. The van der Waals surface area contributed by atoms with Crippen LogP contribution in [0.2, 0.25) is 5.02 Å². The van der Waals surface area contributed by atoms with Crippen LogP contribution in [0.4, 0.5) is 5.69 Å². The van der Waals surface area contributed by atoms with E-state index in [-0.39, 0.29) is 5.91 Å². The smallest absolute Gasteiger partial charge is 0.252 e. The van der Waals surface area contributed by atoms with E-state index in [1.165, 1.54) is 5.56 Å². The fourth-order valence-corrected chi connectivity index (χ4v) is 2.82. The molecule has 1 aliphatic rings. The zero-order chi connectivity index (χ0) is 16.1. The number of hydrogen-bond donors (Lipinski definition) is 1. The van der Waals surface area contributed by atoms with Crippen molar-refractivity contribution >= 4 is 23.2 Å². The Labute approximate surface area is 141 Å². The standard InChI is InChI=1S/C19H19ClN2O/c20-17-8-10-18(11-9-17)21-19(23)16-7-4-12-22(14-16)13-15-5-2-1-3-6-15/h1-3,5-11H,4,12-14H2,(H,21,23). The molecule has 4 heteroatoms. The Bertz CT molecular complexity index is 695. The number of carbonyl (C=O) groups is 1. The van der Waals surface area contributed by atoms with Crippen LogP contribution in [0.5, 0.6) is 0 Å². The summed E-state index contributed by atoms with van der Waals surface area (Å²) in [7, 11) is 0. The SMILES string of the molecule is O=C(Nc1ccc(Cl)cc1)C1=CCCN(Cc2ccccc2)C1. The highest BCUT2D eigenvalue weighted by Crippen LogP contribution is 2.17. The van der Waals surface area contributed by atoms with Gasteiger partial charge in [-0.3, -0.25) is 9.69 Å². The van der Waals surface area contributed by atoms with Gasteiger partial charge in [0.05, 0.1) is 0 Å².